The maximum atomic E-state index is 10.9. The number of hydroxylamine groups is 1. The Morgan fingerprint density at radius 2 is 2.47 bits per heavy atom. The van der Waals surface area contributed by atoms with E-state index < -0.39 is 0 Å². The third-order valence-corrected chi connectivity index (χ3v) is 2.62. The summed E-state index contributed by atoms with van der Waals surface area (Å²) >= 11 is 0. The molecule has 0 saturated heterocycles. The van der Waals surface area contributed by atoms with Crippen LogP contribution in [0.3, 0.4) is 0 Å². The van der Waals surface area contributed by atoms with E-state index >= 15 is 0 Å². The number of hydrogen-bond donors (Lipinski definition) is 2. The van der Waals surface area contributed by atoms with Crippen LogP contribution in [-0.2, 0) is 4.79 Å². The van der Waals surface area contributed by atoms with Crippen molar-refractivity contribution in [2.45, 2.75) is 26.2 Å². The lowest BCUT2D eigenvalue weighted by Gasteiger charge is -2.28. The molecule has 4 heteroatoms. The molecule has 1 aliphatic rings. The van der Waals surface area contributed by atoms with Crippen molar-refractivity contribution in [3.8, 4) is 0 Å². The van der Waals surface area contributed by atoms with Gasteiger partial charge in [0.15, 0.2) is 0 Å². The number of carbonyl (C=O) groups excluding carboxylic acids is 1. The van der Waals surface area contributed by atoms with E-state index in [4.69, 9.17) is 5.21 Å². The zero-order valence-electron chi connectivity index (χ0n) is 9.29. The second-order valence-electron chi connectivity index (χ2n) is 3.65. The molecule has 0 aromatic carbocycles. The smallest absolute Gasteiger partial charge is 0.243 e. The summed E-state index contributed by atoms with van der Waals surface area (Å²) in [7, 11) is 2.05. The van der Waals surface area contributed by atoms with E-state index in [1.165, 1.54) is 11.3 Å². The third kappa shape index (κ3) is 3.09. The van der Waals surface area contributed by atoms with Gasteiger partial charge in [-0.2, -0.15) is 0 Å². The fraction of sp³-hybridized carbons (Fsp3) is 0.545. The lowest BCUT2D eigenvalue weighted by atomic mass is 10.0. The molecule has 0 unspecified atom stereocenters. The number of likely N-dealkylation sites (N-methyl/N-ethyl adjacent to an activating group) is 1. The summed E-state index contributed by atoms with van der Waals surface area (Å²) in [5.74, 6) is -0.334. The fourth-order valence-electron chi connectivity index (χ4n) is 1.84. The second kappa shape index (κ2) is 5.56. The summed E-state index contributed by atoms with van der Waals surface area (Å²) in [5, 5.41) is 8.40. The fourth-order valence-corrected chi connectivity index (χ4v) is 1.84. The maximum absolute atomic E-state index is 10.9. The van der Waals surface area contributed by atoms with Crippen LogP contribution in [0.15, 0.2) is 23.4 Å². The molecule has 15 heavy (non-hydrogen) atoms. The van der Waals surface area contributed by atoms with Crippen LogP contribution in [0, 0.1) is 0 Å². The zero-order valence-corrected chi connectivity index (χ0v) is 9.29. The predicted octanol–water partition coefficient (Wildman–Crippen LogP) is 1.44. The van der Waals surface area contributed by atoms with Crippen molar-refractivity contribution in [2.75, 3.05) is 13.6 Å². The zero-order chi connectivity index (χ0) is 11.3. The van der Waals surface area contributed by atoms with E-state index in [9.17, 15) is 4.79 Å². The predicted molar refractivity (Wildman–Crippen MR) is 58.3 cm³/mol. The van der Waals surface area contributed by atoms with Gasteiger partial charge in [-0.15, -0.1) is 0 Å². The molecule has 2 N–H and O–H groups in total. The SMILES string of the molecule is CC=C1C(CCC(=O)NO)=CCCN1C. The molecule has 4 nitrogen and oxygen atoms in total. The van der Waals surface area contributed by atoms with Gasteiger partial charge in [-0.25, -0.2) is 5.48 Å². The highest BCUT2D eigenvalue weighted by Gasteiger charge is 2.14. The lowest BCUT2D eigenvalue weighted by Crippen LogP contribution is -2.25. The van der Waals surface area contributed by atoms with E-state index in [1.807, 2.05) is 6.92 Å². The minimum atomic E-state index is -0.334. The Hall–Kier alpha value is -1.29. The van der Waals surface area contributed by atoms with Gasteiger partial charge < -0.3 is 4.90 Å². The summed E-state index contributed by atoms with van der Waals surface area (Å²) in [5.41, 5.74) is 4.03. The molecule has 1 rings (SSSR count). The van der Waals surface area contributed by atoms with Gasteiger partial charge in [0.1, 0.15) is 0 Å². The molecule has 0 atom stereocenters. The Labute approximate surface area is 90.2 Å². The van der Waals surface area contributed by atoms with Crippen molar-refractivity contribution in [1.82, 2.24) is 10.4 Å². The minimum absolute atomic E-state index is 0.327. The number of nitrogens with zero attached hydrogens (tertiary/aromatic N) is 1. The first-order chi connectivity index (χ1) is 7.19. The van der Waals surface area contributed by atoms with Gasteiger partial charge in [-0.1, -0.05) is 12.2 Å². The molecule has 0 aliphatic carbocycles. The van der Waals surface area contributed by atoms with Gasteiger partial charge in [-0.05, 0) is 25.3 Å². The van der Waals surface area contributed by atoms with Gasteiger partial charge in [0, 0.05) is 25.7 Å². The van der Waals surface area contributed by atoms with Crippen LogP contribution in [-0.4, -0.2) is 29.6 Å². The quantitative estimate of drug-likeness (QED) is 0.547. The molecule has 1 heterocycles. The van der Waals surface area contributed by atoms with Crippen LogP contribution in [0.5, 0.6) is 0 Å². The molecule has 84 valence electrons. The van der Waals surface area contributed by atoms with Crippen molar-refractivity contribution in [3.63, 3.8) is 0 Å². The minimum Gasteiger partial charge on any atom is -0.374 e. The molecule has 0 spiro atoms. The van der Waals surface area contributed by atoms with Crippen LogP contribution in [0.1, 0.15) is 26.2 Å². The molecule has 1 amide bonds. The highest BCUT2D eigenvalue weighted by atomic mass is 16.5. The average molecular weight is 210 g/mol. The molecule has 0 radical (unpaired) electrons. The van der Waals surface area contributed by atoms with Crippen molar-refractivity contribution in [3.05, 3.63) is 23.4 Å². The normalized spacial score (nSPS) is 19.0. The molecule has 0 aromatic rings. The van der Waals surface area contributed by atoms with Gasteiger partial charge in [0.05, 0.1) is 0 Å². The summed E-state index contributed by atoms with van der Waals surface area (Å²) in [6.45, 7) is 3.02. The molecule has 0 aromatic heterocycles. The molecular weight excluding hydrogens is 192 g/mol. The molecule has 0 saturated carbocycles. The summed E-state index contributed by atoms with van der Waals surface area (Å²) in [4.78, 5) is 13.1. The molecule has 1 aliphatic heterocycles. The Morgan fingerprint density at radius 3 is 3.07 bits per heavy atom. The van der Waals surface area contributed by atoms with Crippen LogP contribution >= 0.6 is 0 Å². The van der Waals surface area contributed by atoms with E-state index in [2.05, 4.69) is 24.1 Å². The van der Waals surface area contributed by atoms with Gasteiger partial charge in [0.2, 0.25) is 5.91 Å². The number of amides is 1. The Balaban J connectivity index is 2.60. The van der Waals surface area contributed by atoms with Crippen molar-refractivity contribution >= 4 is 5.91 Å². The lowest BCUT2D eigenvalue weighted by molar-refractivity contribution is -0.129. The summed E-state index contributed by atoms with van der Waals surface area (Å²) in [6, 6.07) is 0. The number of carbonyl (C=O) groups is 1. The monoisotopic (exact) mass is 210 g/mol. The number of rotatable bonds is 3. The largest absolute Gasteiger partial charge is 0.374 e. The average Bonchev–Trinajstić information content (AvgIpc) is 2.25. The van der Waals surface area contributed by atoms with Crippen LogP contribution in [0.25, 0.3) is 0 Å². The van der Waals surface area contributed by atoms with Crippen molar-refractivity contribution < 1.29 is 10.0 Å². The standard InChI is InChI=1S/C11H18N2O2/c1-3-10-9(5-4-8-13(10)2)6-7-11(14)12-15/h3,5,15H,4,6-8H2,1-2H3,(H,12,14). The molecule has 0 fully saturated rings. The Morgan fingerprint density at radius 1 is 1.73 bits per heavy atom. The number of allylic oxidation sites excluding steroid dienone is 2. The first-order valence-electron chi connectivity index (χ1n) is 5.18. The maximum Gasteiger partial charge on any atom is 0.243 e. The van der Waals surface area contributed by atoms with Gasteiger partial charge in [-0.3, -0.25) is 10.0 Å². The summed E-state index contributed by atoms with van der Waals surface area (Å²) < 4.78 is 0. The van der Waals surface area contributed by atoms with E-state index in [0.29, 0.717) is 12.8 Å². The van der Waals surface area contributed by atoms with Gasteiger partial charge in [0.25, 0.3) is 0 Å². The Bertz CT molecular complexity index is 295. The van der Waals surface area contributed by atoms with Crippen LogP contribution in [0.4, 0.5) is 0 Å². The third-order valence-electron chi connectivity index (χ3n) is 2.62. The van der Waals surface area contributed by atoms with Crippen LogP contribution in [0.2, 0.25) is 0 Å². The van der Waals surface area contributed by atoms with E-state index in [1.54, 1.807) is 5.48 Å². The molecule has 0 bridgehead atoms. The van der Waals surface area contributed by atoms with Crippen molar-refractivity contribution in [1.29, 1.82) is 0 Å². The van der Waals surface area contributed by atoms with Crippen molar-refractivity contribution in [2.24, 2.45) is 0 Å². The topological polar surface area (TPSA) is 52.6 Å². The van der Waals surface area contributed by atoms with Gasteiger partial charge >= 0.3 is 0 Å². The first kappa shape index (κ1) is 11.8. The van der Waals surface area contributed by atoms with E-state index in [0.717, 1.165) is 13.0 Å². The number of hydrogen-bond acceptors (Lipinski definition) is 3. The van der Waals surface area contributed by atoms with E-state index in [-0.39, 0.29) is 5.91 Å². The highest BCUT2D eigenvalue weighted by Crippen LogP contribution is 2.23. The highest BCUT2D eigenvalue weighted by molar-refractivity contribution is 5.74. The molecular formula is C11H18N2O2. The second-order valence-corrected chi connectivity index (χ2v) is 3.65. The van der Waals surface area contributed by atoms with Crippen LogP contribution < -0.4 is 5.48 Å². The number of nitrogens with one attached hydrogen (secondary N) is 1. The Kier molecular flexibility index (Phi) is 4.37. The summed E-state index contributed by atoms with van der Waals surface area (Å²) in [6.07, 6.45) is 6.25. The first-order valence-corrected chi connectivity index (χ1v) is 5.18.